The summed E-state index contributed by atoms with van der Waals surface area (Å²) in [5, 5.41) is 0. The minimum Gasteiger partial charge on any atom is -0.467 e. The molecule has 0 aliphatic carbocycles. The number of hydrogen-bond donors (Lipinski definition) is 1. The molecule has 0 spiro atoms. The second-order valence-corrected chi connectivity index (χ2v) is 5.50. The highest BCUT2D eigenvalue weighted by Gasteiger charge is 2.14. The van der Waals surface area contributed by atoms with E-state index in [2.05, 4.69) is 39.9 Å². The minimum atomic E-state index is 0.00810. The fourth-order valence-corrected chi connectivity index (χ4v) is 2.48. The number of nitrogens with zero attached hydrogens (tertiary/aromatic N) is 1. The lowest BCUT2D eigenvalue weighted by atomic mass is 10.1. The molecule has 1 aromatic heterocycles. The third-order valence-corrected chi connectivity index (χ3v) is 3.63. The average Bonchev–Trinajstić information content (AvgIpc) is 2.88. The predicted octanol–water partition coefficient (Wildman–Crippen LogP) is 4.09. The Bertz CT molecular complexity index is 523. The van der Waals surface area contributed by atoms with Crippen molar-refractivity contribution in [1.82, 2.24) is 0 Å². The number of hydrogen-bond acceptors (Lipinski definition) is 3. The van der Waals surface area contributed by atoms with Crippen LogP contribution in [0.5, 0.6) is 0 Å². The zero-order valence-corrected chi connectivity index (χ0v) is 12.9. The summed E-state index contributed by atoms with van der Waals surface area (Å²) in [5.41, 5.74) is 8.37. The van der Waals surface area contributed by atoms with E-state index in [4.69, 9.17) is 10.2 Å². The number of furan rings is 1. The summed E-state index contributed by atoms with van der Waals surface area (Å²) in [6, 6.07) is 10.1. The predicted molar refractivity (Wildman–Crippen MR) is 82.2 cm³/mol. The van der Waals surface area contributed by atoms with Crippen LogP contribution in [0, 0.1) is 0 Å². The van der Waals surface area contributed by atoms with Gasteiger partial charge in [0.2, 0.25) is 0 Å². The first-order valence-corrected chi connectivity index (χ1v) is 7.23. The van der Waals surface area contributed by atoms with Crippen molar-refractivity contribution in [2.24, 2.45) is 5.73 Å². The molecule has 1 atom stereocenters. The topological polar surface area (TPSA) is 42.4 Å². The highest BCUT2D eigenvalue weighted by molar-refractivity contribution is 9.10. The van der Waals surface area contributed by atoms with Crippen molar-refractivity contribution in [2.45, 2.75) is 26.4 Å². The van der Waals surface area contributed by atoms with Crippen LogP contribution < -0.4 is 10.6 Å². The monoisotopic (exact) mass is 322 g/mol. The summed E-state index contributed by atoms with van der Waals surface area (Å²) in [6.07, 6.45) is 1.70. The van der Waals surface area contributed by atoms with Crippen LogP contribution in [-0.2, 0) is 6.54 Å². The van der Waals surface area contributed by atoms with E-state index in [0.717, 1.165) is 34.6 Å². The van der Waals surface area contributed by atoms with Crippen LogP contribution in [0.2, 0.25) is 0 Å². The maximum atomic E-state index is 6.07. The summed E-state index contributed by atoms with van der Waals surface area (Å²) in [6.45, 7) is 5.79. The molecule has 1 aromatic carbocycles. The lowest BCUT2D eigenvalue weighted by Gasteiger charge is -2.26. The van der Waals surface area contributed by atoms with Gasteiger partial charge in [0.1, 0.15) is 5.76 Å². The van der Waals surface area contributed by atoms with Crippen LogP contribution in [0.15, 0.2) is 45.5 Å². The molecule has 2 rings (SSSR count). The first-order chi connectivity index (χ1) is 9.11. The van der Waals surface area contributed by atoms with Crippen LogP contribution in [0.4, 0.5) is 5.69 Å². The normalized spacial score (nSPS) is 12.4. The first kappa shape index (κ1) is 14.2. The van der Waals surface area contributed by atoms with Gasteiger partial charge in [0, 0.05) is 22.7 Å². The summed E-state index contributed by atoms with van der Waals surface area (Å²) < 4.78 is 6.49. The molecular weight excluding hydrogens is 304 g/mol. The molecule has 102 valence electrons. The van der Waals surface area contributed by atoms with Gasteiger partial charge in [0.15, 0.2) is 0 Å². The first-order valence-electron chi connectivity index (χ1n) is 6.44. The summed E-state index contributed by atoms with van der Waals surface area (Å²) in [7, 11) is 0. The van der Waals surface area contributed by atoms with Gasteiger partial charge in [-0.15, -0.1) is 0 Å². The Labute approximate surface area is 122 Å². The van der Waals surface area contributed by atoms with E-state index < -0.39 is 0 Å². The van der Waals surface area contributed by atoms with E-state index in [1.165, 1.54) is 0 Å². The minimum absolute atomic E-state index is 0.00810. The second kappa shape index (κ2) is 6.26. The summed E-state index contributed by atoms with van der Waals surface area (Å²) in [4.78, 5) is 2.27. The molecule has 3 nitrogen and oxygen atoms in total. The van der Waals surface area contributed by atoms with Gasteiger partial charge in [-0.1, -0.05) is 22.0 Å². The quantitative estimate of drug-likeness (QED) is 0.901. The van der Waals surface area contributed by atoms with Crippen LogP contribution in [0.25, 0.3) is 0 Å². The maximum Gasteiger partial charge on any atom is 0.123 e. The van der Waals surface area contributed by atoms with Gasteiger partial charge in [-0.3, -0.25) is 0 Å². The Morgan fingerprint density at radius 2 is 2.16 bits per heavy atom. The second-order valence-electron chi connectivity index (χ2n) is 4.59. The van der Waals surface area contributed by atoms with Gasteiger partial charge in [0.25, 0.3) is 0 Å². The molecule has 0 amide bonds. The Morgan fingerprint density at radius 1 is 1.37 bits per heavy atom. The molecule has 0 saturated heterocycles. The molecule has 1 unspecified atom stereocenters. The lowest BCUT2D eigenvalue weighted by Crippen LogP contribution is -2.24. The molecule has 19 heavy (non-hydrogen) atoms. The van der Waals surface area contributed by atoms with Gasteiger partial charge in [-0.2, -0.15) is 0 Å². The van der Waals surface area contributed by atoms with Gasteiger partial charge in [0.05, 0.1) is 12.8 Å². The Kier molecular flexibility index (Phi) is 4.66. The van der Waals surface area contributed by atoms with Crippen LogP contribution in [-0.4, -0.2) is 6.54 Å². The third-order valence-electron chi connectivity index (χ3n) is 3.13. The number of benzene rings is 1. The molecule has 2 N–H and O–H groups in total. The lowest BCUT2D eigenvalue weighted by molar-refractivity contribution is 0.503. The molecule has 4 heteroatoms. The van der Waals surface area contributed by atoms with Crippen molar-refractivity contribution in [1.29, 1.82) is 0 Å². The van der Waals surface area contributed by atoms with Gasteiger partial charge < -0.3 is 15.1 Å². The van der Waals surface area contributed by atoms with Gasteiger partial charge in [-0.05, 0) is 43.7 Å². The number of halogens is 1. The van der Waals surface area contributed by atoms with E-state index in [1.54, 1.807) is 6.26 Å². The average molecular weight is 323 g/mol. The molecular formula is C15H19BrN2O. The number of anilines is 1. The van der Waals surface area contributed by atoms with Crippen molar-refractivity contribution in [3.05, 3.63) is 52.4 Å². The van der Waals surface area contributed by atoms with Gasteiger partial charge >= 0.3 is 0 Å². The van der Waals surface area contributed by atoms with Crippen LogP contribution in [0.3, 0.4) is 0 Å². The highest BCUT2D eigenvalue weighted by Crippen LogP contribution is 2.29. The molecule has 0 radical (unpaired) electrons. The molecule has 0 bridgehead atoms. The molecule has 0 aliphatic heterocycles. The van der Waals surface area contributed by atoms with Gasteiger partial charge in [-0.25, -0.2) is 0 Å². The Morgan fingerprint density at radius 3 is 2.74 bits per heavy atom. The zero-order chi connectivity index (χ0) is 13.8. The summed E-state index contributed by atoms with van der Waals surface area (Å²) >= 11 is 3.53. The summed E-state index contributed by atoms with van der Waals surface area (Å²) in [5.74, 6) is 0.956. The van der Waals surface area contributed by atoms with Crippen molar-refractivity contribution in [2.75, 3.05) is 11.4 Å². The van der Waals surface area contributed by atoms with E-state index >= 15 is 0 Å². The van der Waals surface area contributed by atoms with Crippen LogP contribution in [0.1, 0.15) is 31.2 Å². The van der Waals surface area contributed by atoms with E-state index in [0.29, 0.717) is 0 Å². The smallest absolute Gasteiger partial charge is 0.123 e. The fraction of sp³-hybridized carbons (Fsp3) is 0.333. The van der Waals surface area contributed by atoms with Crippen molar-refractivity contribution in [3.8, 4) is 0 Å². The Balaban J connectivity index is 2.33. The Hall–Kier alpha value is -1.26. The van der Waals surface area contributed by atoms with E-state index in [-0.39, 0.29) is 6.04 Å². The van der Waals surface area contributed by atoms with E-state index in [1.807, 2.05) is 25.1 Å². The van der Waals surface area contributed by atoms with Crippen molar-refractivity contribution >= 4 is 21.6 Å². The molecule has 2 aromatic rings. The third kappa shape index (κ3) is 3.39. The highest BCUT2D eigenvalue weighted by atomic mass is 79.9. The molecule has 0 saturated carbocycles. The molecule has 0 fully saturated rings. The van der Waals surface area contributed by atoms with Crippen molar-refractivity contribution < 1.29 is 4.42 Å². The number of rotatable bonds is 5. The SMILES string of the molecule is CCN(Cc1ccco1)c1cc(Br)ccc1C(C)N. The number of nitrogens with two attached hydrogens (primary N) is 1. The van der Waals surface area contributed by atoms with Crippen LogP contribution >= 0.6 is 15.9 Å². The van der Waals surface area contributed by atoms with E-state index in [9.17, 15) is 0 Å². The standard InChI is InChI=1S/C15H19BrN2O/c1-3-18(10-13-5-4-8-19-13)15-9-12(16)6-7-14(15)11(2)17/h4-9,11H,3,10,17H2,1-2H3. The maximum absolute atomic E-state index is 6.07. The van der Waals surface area contributed by atoms with Crippen molar-refractivity contribution in [3.63, 3.8) is 0 Å². The molecule has 0 aliphatic rings. The molecule has 1 heterocycles. The largest absolute Gasteiger partial charge is 0.467 e. The zero-order valence-electron chi connectivity index (χ0n) is 11.3. The fourth-order valence-electron chi connectivity index (χ4n) is 2.13.